The molecule has 0 bridgehead atoms. The lowest BCUT2D eigenvalue weighted by Gasteiger charge is -2.25. The van der Waals surface area contributed by atoms with Crippen molar-refractivity contribution in [2.75, 3.05) is 24.3 Å². The summed E-state index contributed by atoms with van der Waals surface area (Å²) in [6, 6.07) is 6.37. The summed E-state index contributed by atoms with van der Waals surface area (Å²) in [5, 5.41) is 73.2. The third-order valence-corrected chi connectivity index (χ3v) is 9.06. The normalized spacial score (nSPS) is 22.8. The number of aromatic amines is 1. The van der Waals surface area contributed by atoms with Gasteiger partial charge in [-0.2, -0.15) is 4.98 Å². The number of nitrogen functional groups attached to an aromatic ring is 1. The molecule has 10 atom stereocenters. The van der Waals surface area contributed by atoms with Crippen LogP contribution in [0.4, 0.5) is 11.6 Å². The molecule has 1 aromatic carbocycles. The highest BCUT2D eigenvalue weighted by Crippen LogP contribution is 2.46. The number of aryl methyl sites for hydroxylation is 1. The molecule has 4 rings (SSSR count). The minimum Gasteiger partial charge on any atom is -0.481 e. The van der Waals surface area contributed by atoms with Gasteiger partial charge in [0.15, 0.2) is 23.6 Å². The maximum atomic E-state index is 12.3. The van der Waals surface area contributed by atoms with Crippen LogP contribution in [-0.2, 0) is 39.1 Å². The molecule has 0 amide bonds. The highest BCUT2D eigenvalue weighted by atomic mass is 31.2. The first-order valence-corrected chi connectivity index (χ1v) is 17.5. The van der Waals surface area contributed by atoms with Gasteiger partial charge in [0, 0.05) is 18.5 Å². The van der Waals surface area contributed by atoms with Gasteiger partial charge in [0.05, 0.1) is 36.7 Å². The fraction of sp³-hybridized carbons (Fsp3) is 0.533. The number of carbonyl (C=O) groups is 2. The molecule has 0 radical (unpaired) electrons. The van der Waals surface area contributed by atoms with E-state index >= 15 is 0 Å². The van der Waals surface area contributed by atoms with E-state index in [-0.39, 0.29) is 29.6 Å². The van der Waals surface area contributed by atoms with Crippen molar-refractivity contribution < 1.29 is 73.3 Å². The van der Waals surface area contributed by atoms with E-state index in [4.69, 9.17) is 25.4 Å². The summed E-state index contributed by atoms with van der Waals surface area (Å²) in [5.74, 6) is -3.16. The summed E-state index contributed by atoms with van der Waals surface area (Å²) in [6.45, 7) is 1.94. The lowest BCUT2D eigenvalue weighted by molar-refractivity contribution is -0.192. The first-order valence-electron chi connectivity index (χ1n) is 16.0. The quantitative estimate of drug-likeness (QED) is 0.0606. The number of aromatic nitrogens is 4. The molecule has 0 spiro atoms. The van der Waals surface area contributed by atoms with Crippen LogP contribution in [0, 0.1) is 6.92 Å². The molecule has 12 N–H and O–H groups in total. The smallest absolute Gasteiger partial charge is 0.473 e. The number of ether oxygens (including phenoxy) is 2. The van der Waals surface area contributed by atoms with Crippen LogP contribution in [-0.4, -0.2) is 135 Å². The zero-order valence-corrected chi connectivity index (χ0v) is 29.1. The number of anilines is 2. The molecule has 292 valence electrons. The van der Waals surface area contributed by atoms with E-state index in [9.17, 15) is 49.4 Å². The van der Waals surface area contributed by atoms with Gasteiger partial charge >= 0.3 is 19.8 Å². The molecular weight excluding hydrogens is 731 g/mol. The van der Waals surface area contributed by atoms with Gasteiger partial charge in [0.1, 0.15) is 30.5 Å². The van der Waals surface area contributed by atoms with Crippen LogP contribution < -0.4 is 16.6 Å². The Morgan fingerprint density at radius 2 is 1.75 bits per heavy atom. The minimum absolute atomic E-state index is 0.0382. The van der Waals surface area contributed by atoms with E-state index in [1.807, 2.05) is 6.92 Å². The van der Waals surface area contributed by atoms with Crippen LogP contribution in [0.25, 0.3) is 11.2 Å². The molecular formula is C30H41N6O16P. The molecule has 1 aliphatic rings. The standard InChI is InChI=1S/C30H41N6O16P/c1-12(21-13(2)33-26-22(34-21)27(44)36-30(31)35-26)32-15-5-3-14(4-6-15)9-16(37)23(41)17(38)10-49-29-25(43)24(42)19(51-29)11-50-53(47,48)52-18(28(45)46)7-8-20(39)40/h3-6,12,16-19,23-25,29,32,37-38,41-43H,7-11H2,1-2H3,(H,39,40)(H,45,46)(H,47,48)(H3,31,33,35,36,44)/t12-,16+,17-,18+,19-,23+,24-,25+,29+/m1/s1. The molecule has 3 aromatic rings. The number of carboxylic acids is 2. The van der Waals surface area contributed by atoms with Crippen LogP contribution >= 0.6 is 7.82 Å². The number of nitrogens with two attached hydrogens (primary N) is 1. The number of H-pyrrole nitrogens is 1. The summed E-state index contributed by atoms with van der Waals surface area (Å²) in [5.41, 5.74) is 7.51. The lowest BCUT2D eigenvalue weighted by Crippen LogP contribution is -2.43. The Bertz CT molecular complexity index is 1850. The number of nitrogens with one attached hydrogen (secondary N) is 2. The van der Waals surface area contributed by atoms with Crippen LogP contribution in [0.5, 0.6) is 0 Å². The van der Waals surface area contributed by atoms with Crippen molar-refractivity contribution >= 4 is 42.6 Å². The van der Waals surface area contributed by atoms with Crippen molar-refractivity contribution in [2.24, 2.45) is 0 Å². The zero-order chi connectivity index (χ0) is 39.2. The zero-order valence-electron chi connectivity index (χ0n) is 28.3. The van der Waals surface area contributed by atoms with Crippen LogP contribution in [0.1, 0.15) is 42.8 Å². The molecule has 0 saturated carbocycles. The average Bonchev–Trinajstić information content (AvgIpc) is 3.35. The number of hydrogen-bond acceptors (Lipinski definition) is 18. The molecule has 1 aliphatic heterocycles. The van der Waals surface area contributed by atoms with Crippen LogP contribution in [0.2, 0.25) is 0 Å². The molecule has 3 heterocycles. The van der Waals surface area contributed by atoms with Gasteiger partial charge in [-0.3, -0.25) is 23.6 Å². The van der Waals surface area contributed by atoms with Crippen LogP contribution in [0.3, 0.4) is 0 Å². The third kappa shape index (κ3) is 11.2. The minimum atomic E-state index is -5.11. The van der Waals surface area contributed by atoms with Gasteiger partial charge in [-0.15, -0.1) is 0 Å². The summed E-state index contributed by atoms with van der Waals surface area (Å²) in [4.78, 5) is 59.2. The van der Waals surface area contributed by atoms with E-state index in [2.05, 4.69) is 34.3 Å². The van der Waals surface area contributed by atoms with Crippen LogP contribution in [0.15, 0.2) is 29.1 Å². The van der Waals surface area contributed by atoms with Crippen molar-refractivity contribution in [1.82, 2.24) is 19.9 Å². The number of benzene rings is 1. The van der Waals surface area contributed by atoms with Crippen molar-refractivity contribution in [1.29, 1.82) is 0 Å². The van der Waals surface area contributed by atoms with E-state index in [0.29, 0.717) is 22.6 Å². The Kier molecular flexibility index (Phi) is 13.9. The summed E-state index contributed by atoms with van der Waals surface area (Å²) in [7, 11) is -5.11. The Hall–Kier alpha value is -4.19. The number of phosphoric acid groups is 1. The highest BCUT2D eigenvalue weighted by molar-refractivity contribution is 7.47. The van der Waals surface area contributed by atoms with Gasteiger partial charge in [-0.25, -0.2) is 19.3 Å². The molecule has 2 aromatic heterocycles. The largest absolute Gasteiger partial charge is 0.481 e. The second kappa shape index (κ2) is 17.8. The maximum absolute atomic E-state index is 12.3. The number of hydrogen-bond donors (Lipinski definition) is 11. The van der Waals surface area contributed by atoms with Crippen molar-refractivity contribution in [2.45, 2.75) is 88.2 Å². The molecule has 1 saturated heterocycles. The van der Waals surface area contributed by atoms with Crippen molar-refractivity contribution in [3.8, 4) is 0 Å². The summed E-state index contributed by atoms with van der Waals surface area (Å²) in [6.07, 6.45) is -15.0. The Morgan fingerprint density at radius 3 is 2.40 bits per heavy atom. The van der Waals surface area contributed by atoms with E-state index < -0.39 is 100 Å². The predicted molar refractivity (Wildman–Crippen MR) is 179 cm³/mol. The molecule has 22 nitrogen and oxygen atoms in total. The Balaban J connectivity index is 1.24. The topological polar surface area (TPSA) is 360 Å². The fourth-order valence-electron chi connectivity index (χ4n) is 5.27. The lowest BCUT2D eigenvalue weighted by atomic mass is 10.0. The summed E-state index contributed by atoms with van der Waals surface area (Å²) < 4.78 is 32.0. The van der Waals surface area contributed by atoms with Gasteiger partial charge in [0.2, 0.25) is 5.95 Å². The number of rotatable bonds is 19. The Labute approximate surface area is 299 Å². The first-order chi connectivity index (χ1) is 24.8. The van der Waals surface area contributed by atoms with E-state index in [0.717, 1.165) is 0 Å². The molecule has 53 heavy (non-hydrogen) atoms. The van der Waals surface area contributed by atoms with Gasteiger partial charge in [-0.05, 0) is 38.0 Å². The van der Waals surface area contributed by atoms with Crippen molar-refractivity contribution in [3.05, 3.63) is 51.6 Å². The monoisotopic (exact) mass is 772 g/mol. The molecule has 1 fully saturated rings. The second-order valence-electron chi connectivity index (χ2n) is 12.2. The first kappa shape index (κ1) is 41.6. The van der Waals surface area contributed by atoms with Crippen molar-refractivity contribution in [3.63, 3.8) is 0 Å². The third-order valence-electron chi connectivity index (χ3n) is 8.06. The number of fused-ring (bicyclic) bond motifs is 1. The SMILES string of the molecule is Cc1nc2nc(N)[nH]c(=O)c2nc1[C@@H](C)Nc1ccc(C[C@H](O)[C@H](O)[C@H](O)CO[C@H]2O[C@H](COP(=O)(O)O[C@@H](CCC(=O)O)C(=O)O)[C@@H](O)[C@@H]2O)cc1. The number of aliphatic carboxylic acids is 2. The molecule has 1 unspecified atom stereocenters. The number of phosphoric ester groups is 1. The predicted octanol–water partition coefficient (Wildman–Crippen LogP) is -1.68. The van der Waals surface area contributed by atoms with E-state index in [1.54, 1.807) is 31.2 Å². The van der Waals surface area contributed by atoms with Gasteiger partial charge < -0.3 is 61.2 Å². The maximum Gasteiger partial charge on any atom is 0.473 e. The average molecular weight is 773 g/mol. The van der Waals surface area contributed by atoms with Gasteiger partial charge in [0.25, 0.3) is 5.56 Å². The van der Waals surface area contributed by atoms with E-state index in [1.165, 1.54) is 0 Å². The number of aliphatic hydroxyl groups excluding tert-OH is 5. The summed E-state index contributed by atoms with van der Waals surface area (Å²) >= 11 is 0. The highest BCUT2D eigenvalue weighted by Gasteiger charge is 2.45. The number of carboxylic acid groups (broad SMARTS) is 2. The number of aliphatic hydroxyl groups is 5. The fourth-order valence-corrected chi connectivity index (χ4v) is 6.18. The second-order valence-corrected chi connectivity index (χ2v) is 13.6. The molecule has 0 aliphatic carbocycles. The molecule has 23 heteroatoms. The Morgan fingerprint density at radius 1 is 1.08 bits per heavy atom. The number of nitrogens with zero attached hydrogens (tertiary/aromatic N) is 3. The van der Waals surface area contributed by atoms with Gasteiger partial charge in [-0.1, -0.05) is 12.1 Å².